The third kappa shape index (κ3) is 5.67. The summed E-state index contributed by atoms with van der Waals surface area (Å²) in [7, 11) is -3.59. The molecule has 0 fully saturated rings. The van der Waals surface area contributed by atoms with Crippen LogP contribution in [0.2, 0.25) is 0 Å². The van der Waals surface area contributed by atoms with E-state index in [4.69, 9.17) is 0 Å². The van der Waals surface area contributed by atoms with Crippen molar-refractivity contribution in [2.75, 3.05) is 16.3 Å². The summed E-state index contributed by atoms with van der Waals surface area (Å²) < 4.78 is 25.6. The number of hydrogen-bond donors (Lipinski definition) is 4. The molecule has 10 heteroatoms. The molecule has 30 heavy (non-hydrogen) atoms. The van der Waals surface area contributed by atoms with Gasteiger partial charge in [0.2, 0.25) is 15.9 Å². The lowest BCUT2D eigenvalue weighted by Gasteiger charge is -2.13. The van der Waals surface area contributed by atoms with Crippen molar-refractivity contribution in [2.45, 2.75) is 13.5 Å². The van der Waals surface area contributed by atoms with Crippen LogP contribution in [-0.4, -0.2) is 36.7 Å². The van der Waals surface area contributed by atoms with E-state index in [-0.39, 0.29) is 23.7 Å². The molecule has 2 amide bonds. The Balaban J connectivity index is 1.76. The van der Waals surface area contributed by atoms with Crippen molar-refractivity contribution in [1.82, 2.24) is 15.5 Å². The van der Waals surface area contributed by atoms with E-state index >= 15 is 0 Å². The molecule has 0 saturated carbocycles. The summed E-state index contributed by atoms with van der Waals surface area (Å²) in [6, 6.07) is 13.8. The molecule has 0 aliphatic carbocycles. The number of benzene rings is 2. The van der Waals surface area contributed by atoms with Gasteiger partial charge in [0, 0.05) is 25.4 Å². The summed E-state index contributed by atoms with van der Waals surface area (Å²) >= 11 is 0. The van der Waals surface area contributed by atoms with Crippen LogP contribution in [0.5, 0.6) is 0 Å². The van der Waals surface area contributed by atoms with Crippen molar-refractivity contribution < 1.29 is 18.0 Å². The Hall–Kier alpha value is -3.66. The van der Waals surface area contributed by atoms with Crippen molar-refractivity contribution in [1.29, 1.82) is 0 Å². The van der Waals surface area contributed by atoms with E-state index in [2.05, 4.69) is 25.6 Å². The van der Waals surface area contributed by atoms with E-state index in [1.807, 2.05) is 30.3 Å². The van der Waals surface area contributed by atoms with Gasteiger partial charge in [-0.15, -0.1) is 0 Å². The van der Waals surface area contributed by atoms with Crippen molar-refractivity contribution in [3.63, 3.8) is 0 Å². The Labute approximate surface area is 174 Å². The second kappa shape index (κ2) is 8.78. The highest BCUT2D eigenvalue weighted by Gasteiger charge is 2.15. The molecular formula is C20H21N5O4S. The van der Waals surface area contributed by atoms with Gasteiger partial charge in [-0.1, -0.05) is 24.3 Å². The van der Waals surface area contributed by atoms with Gasteiger partial charge >= 0.3 is 0 Å². The lowest BCUT2D eigenvalue weighted by Crippen LogP contribution is -2.25. The van der Waals surface area contributed by atoms with E-state index in [1.165, 1.54) is 25.1 Å². The first-order chi connectivity index (χ1) is 14.2. The zero-order chi connectivity index (χ0) is 21.7. The van der Waals surface area contributed by atoms with Gasteiger partial charge in [-0.05, 0) is 35.4 Å². The van der Waals surface area contributed by atoms with E-state index in [9.17, 15) is 18.0 Å². The highest BCUT2D eigenvalue weighted by Crippen LogP contribution is 2.22. The standard InChI is InChI=1S/C20H21N5O4S/c1-13(26)23-16-7-8-19(25-30(2,28)29)17(11-16)20(27)21-12-14-3-5-15(6-4-14)18-9-10-22-24-18/h3-11,25H,12H2,1-2H3,(H,21,27)(H,22,24)(H,23,26). The first-order valence-corrected chi connectivity index (χ1v) is 10.9. The quantitative estimate of drug-likeness (QED) is 0.459. The van der Waals surface area contributed by atoms with Gasteiger partial charge in [-0.25, -0.2) is 8.42 Å². The van der Waals surface area contributed by atoms with Crippen molar-refractivity contribution in [3.05, 3.63) is 65.9 Å². The molecule has 0 saturated heterocycles. The molecular weight excluding hydrogens is 406 g/mol. The van der Waals surface area contributed by atoms with Crippen molar-refractivity contribution >= 4 is 33.2 Å². The van der Waals surface area contributed by atoms with Gasteiger partial charge in [-0.3, -0.25) is 19.4 Å². The Morgan fingerprint density at radius 2 is 1.80 bits per heavy atom. The van der Waals surface area contributed by atoms with Gasteiger partial charge in [0.25, 0.3) is 5.91 Å². The topological polar surface area (TPSA) is 133 Å². The third-order valence-electron chi connectivity index (χ3n) is 4.10. The van der Waals surface area contributed by atoms with Crippen LogP contribution in [0, 0.1) is 0 Å². The molecule has 3 rings (SSSR count). The molecule has 0 aliphatic rings. The van der Waals surface area contributed by atoms with Gasteiger partial charge in [0.1, 0.15) is 0 Å². The monoisotopic (exact) mass is 427 g/mol. The second-order valence-electron chi connectivity index (χ2n) is 6.67. The largest absolute Gasteiger partial charge is 0.348 e. The van der Waals surface area contributed by atoms with E-state index in [0.29, 0.717) is 5.69 Å². The Morgan fingerprint density at radius 1 is 1.07 bits per heavy atom. The number of aromatic nitrogens is 2. The van der Waals surface area contributed by atoms with Gasteiger partial charge in [-0.2, -0.15) is 5.10 Å². The highest BCUT2D eigenvalue weighted by molar-refractivity contribution is 7.92. The molecule has 0 atom stereocenters. The second-order valence-corrected chi connectivity index (χ2v) is 8.41. The number of amides is 2. The number of nitrogens with zero attached hydrogens (tertiary/aromatic N) is 1. The smallest absolute Gasteiger partial charge is 0.253 e. The summed E-state index contributed by atoms with van der Waals surface area (Å²) in [6.45, 7) is 1.58. The maximum atomic E-state index is 12.7. The fourth-order valence-corrected chi connectivity index (χ4v) is 3.38. The minimum atomic E-state index is -3.59. The lowest BCUT2D eigenvalue weighted by molar-refractivity contribution is -0.114. The minimum Gasteiger partial charge on any atom is -0.348 e. The molecule has 4 N–H and O–H groups in total. The maximum Gasteiger partial charge on any atom is 0.253 e. The van der Waals surface area contributed by atoms with Crippen LogP contribution < -0.4 is 15.4 Å². The molecule has 0 bridgehead atoms. The zero-order valence-corrected chi connectivity index (χ0v) is 17.2. The number of aromatic amines is 1. The van der Waals surface area contributed by atoms with Crippen LogP contribution in [-0.2, 0) is 21.4 Å². The van der Waals surface area contributed by atoms with Crippen LogP contribution in [0.15, 0.2) is 54.7 Å². The van der Waals surface area contributed by atoms with Gasteiger partial charge < -0.3 is 10.6 Å². The van der Waals surface area contributed by atoms with Crippen molar-refractivity contribution in [3.8, 4) is 11.3 Å². The van der Waals surface area contributed by atoms with E-state index in [0.717, 1.165) is 23.1 Å². The molecule has 3 aromatic rings. The van der Waals surface area contributed by atoms with Crippen LogP contribution in [0.25, 0.3) is 11.3 Å². The Bertz CT molecular complexity index is 1160. The number of H-pyrrole nitrogens is 1. The summed E-state index contributed by atoms with van der Waals surface area (Å²) in [5.41, 5.74) is 3.32. The SMILES string of the molecule is CC(=O)Nc1ccc(NS(C)(=O)=O)c(C(=O)NCc2ccc(-c3ccn[nH]3)cc2)c1. The third-order valence-corrected chi connectivity index (χ3v) is 4.69. The van der Waals surface area contributed by atoms with Crippen LogP contribution in [0.4, 0.5) is 11.4 Å². The fraction of sp³-hybridized carbons (Fsp3) is 0.150. The fourth-order valence-electron chi connectivity index (χ4n) is 2.80. The summed E-state index contributed by atoms with van der Waals surface area (Å²) in [5, 5.41) is 12.1. The predicted molar refractivity (Wildman–Crippen MR) is 114 cm³/mol. The molecule has 0 radical (unpaired) electrons. The van der Waals surface area contributed by atoms with E-state index < -0.39 is 15.9 Å². The number of sulfonamides is 1. The Morgan fingerprint density at radius 3 is 2.40 bits per heavy atom. The summed E-state index contributed by atoms with van der Waals surface area (Å²) in [4.78, 5) is 24.0. The molecule has 1 aromatic heterocycles. The zero-order valence-electron chi connectivity index (χ0n) is 16.4. The molecule has 9 nitrogen and oxygen atoms in total. The number of carbonyl (C=O) groups is 2. The normalized spacial score (nSPS) is 11.0. The first-order valence-electron chi connectivity index (χ1n) is 8.97. The molecule has 156 valence electrons. The molecule has 0 spiro atoms. The number of anilines is 2. The first kappa shape index (κ1) is 21.1. The number of nitrogens with one attached hydrogen (secondary N) is 4. The Kier molecular flexibility index (Phi) is 6.17. The lowest BCUT2D eigenvalue weighted by atomic mass is 10.1. The summed E-state index contributed by atoms with van der Waals surface area (Å²) in [6.07, 6.45) is 2.67. The summed E-state index contributed by atoms with van der Waals surface area (Å²) in [5.74, 6) is -0.784. The molecule has 1 heterocycles. The average Bonchev–Trinajstić information content (AvgIpc) is 3.21. The minimum absolute atomic E-state index is 0.0979. The number of carbonyl (C=O) groups excluding carboxylic acids is 2. The van der Waals surface area contributed by atoms with Crippen LogP contribution >= 0.6 is 0 Å². The molecule has 0 aliphatic heterocycles. The van der Waals surface area contributed by atoms with Crippen LogP contribution in [0.1, 0.15) is 22.8 Å². The van der Waals surface area contributed by atoms with Gasteiger partial charge in [0.05, 0.1) is 23.2 Å². The molecule has 0 unspecified atom stereocenters. The highest BCUT2D eigenvalue weighted by atomic mass is 32.2. The number of hydrogen-bond acceptors (Lipinski definition) is 5. The average molecular weight is 427 g/mol. The predicted octanol–water partition coefficient (Wildman–Crippen LogP) is 2.34. The maximum absolute atomic E-state index is 12.7. The van der Waals surface area contributed by atoms with Crippen LogP contribution in [0.3, 0.4) is 0 Å². The van der Waals surface area contributed by atoms with Gasteiger partial charge in [0.15, 0.2) is 0 Å². The number of rotatable bonds is 7. The van der Waals surface area contributed by atoms with Crippen molar-refractivity contribution in [2.24, 2.45) is 0 Å². The molecule has 2 aromatic carbocycles. The van der Waals surface area contributed by atoms with E-state index in [1.54, 1.807) is 6.20 Å².